The SMILES string of the molecule is CCCOCC(C)(N)c1noc(-c2cnc(C)s2)n1. The summed E-state index contributed by atoms with van der Waals surface area (Å²) in [7, 11) is 0. The van der Waals surface area contributed by atoms with Gasteiger partial charge in [0.1, 0.15) is 10.4 Å². The van der Waals surface area contributed by atoms with Crippen molar-refractivity contribution in [1.82, 2.24) is 15.1 Å². The van der Waals surface area contributed by atoms with Crippen LogP contribution >= 0.6 is 11.3 Å². The minimum Gasteiger partial charge on any atom is -0.379 e. The van der Waals surface area contributed by atoms with Gasteiger partial charge in [0.2, 0.25) is 0 Å². The molecule has 2 aromatic heterocycles. The van der Waals surface area contributed by atoms with Gasteiger partial charge in [-0.25, -0.2) is 4.98 Å². The highest BCUT2D eigenvalue weighted by Gasteiger charge is 2.28. The molecule has 2 N–H and O–H groups in total. The minimum atomic E-state index is -0.753. The Morgan fingerprint density at radius 3 is 2.95 bits per heavy atom. The van der Waals surface area contributed by atoms with Gasteiger partial charge in [0, 0.05) is 6.61 Å². The van der Waals surface area contributed by atoms with Crippen LogP contribution in [0, 0.1) is 6.92 Å². The Morgan fingerprint density at radius 2 is 2.32 bits per heavy atom. The highest BCUT2D eigenvalue weighted by atomic mass is 32.1. The van der Waals surface area contributed by atoms with Gasteiger partial charge in [-0.15, -0.1) is 11.3 Å². The number of thiazole rings is 1. The Kier molecular flexibility index (Phi) is 4.28. The molecule has 0 bridgehead atoms. The zero-order chi connectivity index (χ0) is 13.9. The largest absolute Gasteiger partial charge is 0.379 e. The van der Waals surface area contributed by atoms with E-state index >= 15 is 0 Å². The zero-order valence-corrected chi connectivity index (χ0v) is 12.2. The predicted octanol–water partition coefficient (Wildman–Crippen LogP) is 2.10. The molecule has 2 rings (SSSR count). The van der Waals surface area contributed by atoms with Crippen molar-refractivity contribution in [2.75, 3.05) is 13.2 Å². The second-order valence-corrected chi connectivity index (χ2v) is 5.87. The van der Waals surface area contributed by atoms with E-state index in [1.807, 2.05) is 20.8 Å². The number of nitrogens with two attached hydrogens (primary N) is 1. The minimum absolute atomic E-state index is 0.363. The number of rotatable bonds is 6. The molecule has 0 aliphatic rings. The van der Waals surface area contributed by atoms with Gasteiger partial charge in [0.15, 0.2) is 5.82 Å². The third kappa shape index (κ3) is 3.37. The molecule has 104 valence electrons. The van der Waals surface area contributed by atoms with Crippen LogP contribution in [0.25, 0.3) is 10.8 Å². The Balaban J connectivity index is 2.11. The Hall–Kier alpha value is -1.31. The first-order valence-electron chi connectivity index (χ1n) is 6.16. The van der Waals surface area contributed by atoms with Gasteiger partial charge in [-0.3, -0.25) is 0 Å². The summed E-state index contributed by atoms with van der Waals surface area (Å²) in [6.45, 7) is 6.84. The first kappa shape index (κ1) is 14.1. The van der Waals surface area contributed by atoms with Crippen molar-refractivity contribution in [3.8, 4) is 10.8 Å². The molecule has 0 aromatic carbocycles. The van der Waals surface area contributed by atoms with Gasteiger partial charge >= 0.3 is 0 Å². The molecular weight excluding hydrogens is 264 g/mol. The smallest absolute Gasteiger partial charge is 0.269 e. The summed E-state index contributed by atoms with van der Waals surface area (Å²) in [4.78, 5) is 9.34. The normalized spacial score (nSPS) is 14.5. The lowest BCUT2D eigenvalue weighted by Crippen LogP contribution is -2.39. The van der Waals surface area contributed by atoms with Gasteiger partial charge in [-0.1, -0.05) is 12.1 Å². The van der Waals surface area contributed by atoms with Crippen molar-refractivity contribution in [2.24, 2.45) is 5.73 Å². The lowest BCUT2D eigenvalue weighted by molar-refractivity contribution is 0.0867. The van der Waals surface area contributed by atoms with Gasteiger partial charge in [0.05, 0.1) is 17.8 Å². The third-order valence-corrected chi connectivity index (χ3v) is 3.42. The lowest BCUT2D eigenvalue weighted by atomic mass is 10.1. The number of hydrogen-bond acceptors (Lipinski definition) is 7. The molecule has 1 unspecified atom stereocenters. The van der Waals surface area contributed by atoms with Crippen LogP contribution in [0.1, 0.15) is 31.1 Å². The Bertz CT molecular complexity index is 535. The predicted molar refractivity (Wildman–Crippen MR) is 72.8 cm³/mol. The summed E-state index contributed by atoms with van der Waals surface area (Å²) in [5.74, 6) is 0.900. The third-order valence-electron chi connectivity index (χ3n) is 2.52. The summed E-state index contributed by atoms with van der Waals surface area (Å²) in [5, 5.41) is 4.90. The molecule has 2 aromatic rings. The first-order valence-corrected chi connectivity index (χ1v) is 6.98. The van der Waals surface area contributed by atoms with Crippen molar-refractivity contribution in [1.29, 1.82) is 0 Å². The summed E-state index contributed by atoms with van der Waals surface area (Å²) >= 11 is 1.51. The maximum Gasteiger partial charge on any atom is 0.269 e. The van der Waals surface area contributed by atoms with E-state index in [9.17, 15) is 0 Å². The van der Waals surface area contributed by atoms with Crippen molar-refractivity contribution in [3.05, 3.63) is 17.0 Å². The van der Waals surface area contributed by atoms with E-state index in [-0.39, 0.29) is 0 Å². The fraction of sp³-hybridized carbons (Fsp3) is 0.583. The van der Waals surface area contributed by atoms with Crippen LogP contribution in [0.4, 0.5) is 0 Å². The molecule has 0 amide bonds. The zero-order valence-electron chi connectivity index (χ0n) is 11.3. The van der Waals surface area contributed by atoms with Gasteiger partial charge < -0.3 is 15.0 Å². The fourth-order valence-corrected chi connectivity index (χ4v) is 2.21. The van der Waals surface area contributed by atoms with Crippen LogP contribution in [-0.4, -0.2) is 28.3 Å². The maximum atomic E-state index is 6.15. The summed E-state index contributed by atoms with van der Waals surface area (Å²) in [5.41, 5.74) is 5.40. The molecule has 0 saturated heterocycles. The van der Waals surface area contributed by atoms with Crippen LogP contribution in [0.5, 0.6) is 0 Å². The summed E-state index contributed by atoms with van der Waals surface area (Å²) in [6, 6.07) is 0. The molecule has 0 fully saturated rings. The standard InChI is InChI=1S/C12H18N4O2S/c1-4-5-17-7-12(3,13)11-15-10(18-16-11)9-6-14-8(2)19-9/h6H,4-5,7,13H2,1-3H3. The quantitative estimate of drug-likeness (QED) is 0.816. The molecule has 0 saturated carbocycles. The molecule has 6 nitrogen and oxygen atoms in total. The van der Waals surface area contributed by atoms with E-state index in [1.165, 1.54) is 11.3 Å². The van der Waals surface area contributed by atoms with Crippen molar-refractivity contribution >= 4 is 11.3 Å². The molecule has 0 radical (unpaired) electrons. The Labute approximate surface area is 116 Å². The monoisotopic (exact) mass is 282 g/mol. The molecule has 0 aliphatic carbocycles. The molecular formula is C12H18N4O2S. The van der Waals surface area contributed by atoms with E-state index in [0.717, 1.165) is 16.3 Å². The molecule has 7 heteroatoms. The summed E-state index contributed by atoms with van der Waals surface area (Å²) < 4.78 is 10.7. The van der Waals surface area contributed by atoms with Crippen LogP contribution < -0.4 is 5.73 Å². The van der Waals surface area contributed by atoms with E-state index in [4.69, 9.17) is 15.0 Å². The second kappa shape index (κ2) is 5.77. The number of nitrogens with zero attached hydrogens (tertiary/aromatic N) is 3. The lowest BCUT2D eigenvalue weighted by Gasteiger charge is -2.19. The molecule has 2 heterocycles. The van der Waals surface area contributed by atoms with Crippen LogP contribution in [0.3, 0.4) is 0 Å². The van der Waals surface area contributed by atoms with Crippen LogP contribution in [-0.2, 0) is 10.3 Å². The average Bonchev–Trinajstić information content (AvgIpc) is 2.97. The molecule has 19 heavy (non-hydrogen) atoms. The van der Waals surface area contributed by atoms with Gasteiger partial charge in [-0.2, -0.15) is 4.98 Å². The first-order chi connectivity index (χ1) is 9.03. The highest BCUT2D eigenvalue weighted by Crippen LogP contribution is 2.26. The molecule has 0 aliphatic heterocycles. The fourth-order valence-electron chi connectivity index (χ4n) is 1.51. The van der Waals surface area contributed by atoms with Crippen molar-refractivity contribution in [3.63, 3.8) is 0 Å². The van der Waals surface area contributed by atoms with Crippen molar-refractivity contribution in [2.45, 2.75) is 32.7 Å². The van der Waals surface area contributed by atoms with Gasteiger partial charge in [-0.05, 0) is 20.3 Å². The topological polar surface area (TPSA) is 87.1 Å². The van der Waals surface area contributed by atoms with Gasteiger partial charge in [0.25, 0.3) is 5.89 Å². The second-order valence-electron chi connectivity index (χ2n) is 4.64. The highest BCUT2D eigenvalue weighted by molar-refractivity contribution is 7.14. The maximum absolute atomic E-state index is 6.15. The molecule has 1 atom stereocenters. The van der Waals surface area contributed by atoms with Crippen LogP contribution in [0.2, 0.25) is 0 Å². The Morgan fingerprint density at radius 1 is 1.53 bits per heavy atom. The number of hydrogen-bond donors (Lipinski definition) is 1. The summed E-state index contributed by atoms with van der Waals surface area (Å²) in [6.07, 6.45) is 2.67. The van der Waals surface area contributed by atoms with E-state index in [2.05, 4.69) is 15.1 Å². The van der Waals surface area contributed by atoms with E-state index < -0.39 is 5.54 Å². The number of aromatic nitrogens is 3. The van der Waals surface area contributed by atoms with E-state index in [1.54, 1.807) is 6.20 Å². The number of aryl methyl sites for hydroxylation is 1. The molecule has 0 spiro atoms. The van der Waals surface area contributed by atoms with E-state index in [0.29, 0.717) is 24.9 Å². The van der Waals surface area contributed by atoms with Crippen molar-refractivity contribution < 1.29 is 9.26 Å². The van der Waals surface area contributed by atoms with Crippen LogP contribution in [0.15, 0.2) is 10.7 Å². The number of ether oxygens (including phenoxy) is 1. The average molecular weight is 282 g/mol.